The molecule has 0 N–H and O–H groups in total. The van der Waals surface area contributed by atoms with Crippen molar-refractivity contribution in [3.8, 4) is 0 Å². The molecule has 126 valence electrons. The van der Waals surface area contributed by atoms with E-state index < -0.39 is 0 Å². The van der Waals surface area contributed by atoms with Crippen LogP contribution < -0.4 is 5.56 Å². The summed E-state index contributed by atoms with van der Waals surface area (Å²) >= 11 is 0. The zero-order valence-electron chi connectivity index (χ0n) is 13.4. The van der Waals surface area contributed by atoms with E-state index in [1.54, 1.807) is 35.4 Å². The lowest BCUT2D eigenvalue weighted by molar-refractivity contribution is -0.140. The van der Waals surface area contributed by atoms with Gasteiger partial charge in [-0.2, -0.15) is 5.10 Å². The molecule has 1 saturated heterocycles. The lowest BCUT2D eigenvalue weighted by Crippen LogP contribution is -2.47. The van der Waals surface area contributed by atoms with Crippen LogP contribution in [0.3, 0.4) is 0 Å². The number of carbonyl (C=O) groups excluding carboxylic acids is 1. The first-order valence-electron chi connectivity index (χ1n) is 8.13. The van der Waals surface area contributed by atoms with Gasteiger partial charge in [-0.3, -0.25) is 9.59 Å². The van der Waals surface area contributed by atoms with Gasteiger partial charge in [-0.1, -0.05) is 30.3 Å². The maximum atomic E-state index is 13.1. The number of halogens is 1. The number of likely N-dealkylation sites (tertiary alicyclic amines) is 1. The summed E-state index contributed by atoms with van der Waals surface area (Å²) in [6, 6.07) is 13.3. The second-order valence-corrected chi connectivity index (χ2v) is 6.14. The second kappa shape index (κ2) is 6.12. The van der Waals surface area contributed by atoms with E-state index in [1.165, 1.54) is 16.8 Å². The van der Waals surface area contributed by atoms with Crippen molar-refractivity contribution in [2.45, 2.75) is 19.0 Å². The molecule has 6 heteroatoms. The molecule has 1 aliphatic rings. The first kappa shape index (κ1) is 15.5. The first-order chi connectivity index (χ1) is 12.1. The molecule has 0 radical (unpaired) electrons. The minimum atomic E-state index is -0.298. The Hall–Kier alpha value is -3.02. The fourth-order valence-electron chi connectivity index (χ4n) is 3.18. The van der Waals surface area contributed by atoms with E-state index in [0.717, 1.165) is 17.4 Å². The van der Waals surface area contributed by atoms with Gasteiger partial charge in [0, 0.05) is 11.9 Å². The number of carbonyl (C=O) groups is 1. The normalized spacial score (nSPS) is 16.7. The molecule has 0 aliphatic carbocycles. The van der Waals surface area contributed by atoms with Crippen molar-refractivity contribution in [3.05, 3.63) is 76.5 Å². The fourth-order valence-corrected chi connectivity index (χ4v) is 3.18. The Morgan fingerprint density at radius 3 is 2.64 bits per heavy atom. The van der Waals surface area contributed by atoms with Crippen LogP contribution in [0.15, 0.2) is 59.5 Å². The fraction of sp³-hybridized carbons (Fsp3) is 0.211. The van der Waals surface area contributed by atoms with Crippen molar-refractivity contribution in [3.63, 3.8) is 0 Å². The number of rotatable bonds is 3. The van der Waals surface area contributed by atoms with Gasteiger partial charge < -0.3 is 4.90 Å². The molecule has 0 bridgehead atoms. The van der Waals surface area contributed by atoms with Crippen LogP contribution >= 0.6 is 0 Å². The molecule has 1 atom stereocenters. The van der Waals surface area contributed by atoms with Crippen molar-refractivity contribution >= 4 is 16.7 Å². The summed E-state index contributed by atoms with van der Waals surface area (Å²) in [6.45, 7) is 0.532. The highest BCUT2D eigenvalue weighted by atomic mass is 19.1. The summed E-state index contributed by atoms with van der Waals surface area (Å²) in [5.74, 6) is -0.460. The van der Waals surface area contributed by atoms with Gasteiger partial charge in [0.25, 0.3) is 5.56 Å². The van der Waals surface area contributed by atoms with Crippen molar-refractivity contribution in [2.75, 3.05) is 6.54 Å². The molecule has 2 aromatic carbocycles. The van der Waals surface area contributed by atoms with Crippen LogP contribution in [0.4, 0.5) is 4.39 Å². The molecule has 4 rings (SSSR count). The average molecular weight is 337 g/mol. The summed E-state index contributed by atoms with van der Waals surface area (Å²) in [5.41, 5.74) is 0.630. The molecule has 1 amide bonds. The third-order valence-corrected chi connectivity index (χ3v) is 4.64. The number of nitrogens with zero attached hydrogens (tertiary/aromatic N) is 3. The minimum absolute atomic E-state index is 0.0655. The van der Waals surface area contributed by atoms with Gasteiger partial charge in [0.1, 0.15) is 12.4 Å². The summed E-state index contributed by atoms with van der Waals surface area (Å²) in [5, 5.41) is 5.40. The quantitative estimate of drug-likeness (QED) is 0.738. The number of hydrogen-bond donors (Lipinski definition) is 0. The van der Waals surface area contributed by atoms with Crippen LogP contribution in [0.25, 0.3) is 10.8 Å². The highest BCUT2D eigenvalue weighted by Crippen LogP contribution is 2.33. The third kappa shape index (κ3) is 2.80. The van der Waals surface area contributed by atoms with Gasteiger partial charge in [0.15, 0.2) is 0 Å². The van der Waals surface area contributed by atoms with Gasteiger partial charge in [0.2, 0.25) is 5.91 Å². The monoisotopic (exact) mass is 337 g/mol. The maximum Gasteiger partial charge on any atom is 0.275 e. The Labute approximate surface area is 143 Å². The van der Waals surface area contributed by atoms with Crippen LogP contribution in [-0.4, -0.2) is 27.1 Å². The van der Waals surface area contributed by atoms with Gasteiger partial charge in [-0.05, 0) is 30.2 Å². The van der Waals surface area contributed by atoms with E-state index in [2.05, 4.69) is 5.10 Å². The predicted molar refractivity (Wildman–Crippen MR) is 91.5 cm³/mol. The third-order valence-electron chi connectivity index (χ3n) is 4.64. The van der Waals surface area contributed by atoms with Gasteiger partial charge in [-0.25, -0.2) is 9.07 Å². The van der Waals surface area contributed by atoms with E-state index >= 15 is 0 Å². The number of fused-ring (bicyclic) bond motifs is 1. The molecule has 3 aromatic rings. The number of hydrogen-bond acceptors (Lipinski definition) is 3. The SMILES string of the molecule is O=C(Cn1ncc2ccccc2c1=O)N1CC[C@@H]1c1ccc(F)cc1. The predicted octanol–water partition coefficient (Wildman–Crippen LogP) is 2.51. The van der Waals surface area contributed by atoms with E-state index in [4.69, 9.17) is 0 Å². The van der Waals surface area contributed by atoms with E-state index in [9.17, 15) is 14.0 Å². The maximum absolute atomic E-state index is 13.1. The zero-order chi connectivity index (χ0) is 17.4. The van der Waals surface area contributed by atoms with Crippen LogP contribution in [0.1, 0.15) is 18.0 Å². The van der Waals surface area contributed by atoms with Crippen LogP contribution in [0.2, 0.25) is 0 Å². The molecule has 1 aliphatic heterocycles. The van der Waals surface area contributed by atoms with Crippen LogP contribution in [-0.2, 0) is 11.3 Å². The number of aromatic nitrogens is 2. The summed E-state index contributed by atoms with van der Waals surface area (Å²) in [4.78, 5) is 26.8. The molecule has 25 heavy (non-hydrogen) atoms. The van der Waals surface area contributed by atoms with Gasteiger partial charge >= 0.3 is 0 Å². The molecule has 5 nitrogen and oxygen atoms in total. The topological polar surface area (TPSA) is 55.2 Å². The molecule has 0 spiro atoms. The lowest BCUT2D eigenvalue weighted by atomic mass is 9.94. The number of benzene rings is 2. The Kier molecular flexibility index (Phi) is 3.80. The van der Waals surface area contributed by atoms with Crippen molar-refractivity contribution in [1.82, 2.24) is 14.7 Å². The standard InChI is InChI=1S/C19H16FN3O2/c20-15-7-5-13(6-8-15)17-9-10-22(17)18(24)12-23-19(25)16-4-2-1-3-14(16)11-21-23/h1-8,11,17H,9-10,12H2/t17-/m1/s1. The van der Waals surface area contributed by atoms with Crippen LogP contribution in [0, 0.1) is 5.82 Å². The van der Waals surface area contributed by atoms with Crippen molar-refractivity contribution < 1.29 is 9.18 Å². The Balaban J connectivity index is 1.55. The molecular weight excluding hydrogens is 321 g/mol. The summed E-state index contributed by atoms with van der Waals surface area (Å²) < 4.78 is 14.3. The number of amides is 1. The Morgan fingerprint density at radius 2 is 1.92 bits per heavy atom. The van der Waals surface area contributed by atoms with Crippen LogP contribution in [0.5, 0.6) is 0 Å². The van der Waals surface area contributed by atoms with E-state index in [-0.39, 0.29) is 29.9 Å². The largest absolute Gasteiger partial charge is 0.334 e. The molecule has 1 fully saturated rings. The second-order valence-electron chi connectivity index (χ2n) is 6.14. The first-order valence-corrected chi connectivity index (χ1v) is 8.13. The van der Waals surface area contributed by atoms with Crippen molar-refractivity contribution in [2.24, 2.45) is 0 Å². The molecule has 1 aromatic heterocycles. The molecule has 2 heterocycles. The average Bonchev–Trinajstić information content (AvgIpc) is 2.58. The summed E-state index contributed by atoms with van der Waals surface area (Å²) in [6.07, 6.45) is 2.43. The van der Waals surface area contributed by atoms with E-state index in [1.807, 2.05) is 12.1 Å². The summed E-state index contributed by atoms with van der Waals surface area (Å²) in [7, 11) is 0. The van der Waals surface area contributed by atoms with Gasteiger partial charge in [-0.15, -0.1) is 0 Å². The molecule has 0 unspecified atom stereocenters. The van der Waals surface area contributed by atoms with Crippen molar-refractivity contribution in [1.29, 1.82) is 0 Å². The Bertz CT molecular complexity index is 997. The highest BCUT2D eigenvalue weighted by Gasteiger charge is 2.33. The minimum Gasteiger partial charge on any atom is -0.334 e. The highest BCUT2D eigenvalue weighted by molar-refractivity contribution is 5.81. The van der Waals surface area contributed by atoms with E-state index in [0.29, 0.717) is 11.9 Å². The zero-order valence-corrected chi connectivity index (χ0v) is 13.4. The molecule has 0 saturated carbocycles. The Morgan fingerprint density at radius 1 is 1.16 bits per heavy atom. The van der Waals surface area contributed by atoms with Gasteiger partial charge in [0.05, 0.1) is 17.6 Å². The lowest BCUT2D eigenvalue weighted by Gasteiger charge is -2.41. The molecular formula is C19H16FN3O2. The smallest absolute Gasteiger partial charge is 0.275 e.